The van der Waals surface area contributed by atoms with Crippen LogP contribution in [0.25, 0.3) is 0 Å². The third kappa shape index (κ3) is 2.56. The predicted octanol–water partition coefficient (Wildman–Crippen LogP) is 0.365. The SMILES string of the molecule is CN1C(=O)Cc2cc(S(=O)(=O)NCC3(N)CCC3)ccc21. The van der Waals surface area contributed by atoms with Crippen LogP contribution < -0.4 is 15.4 Å². The van der Waals surface area contributed by atoms with E-state index in [4.69, 9.17) is 5.73 Å². The lowest BCUT2D eigenvalue weighted by atomic mass is 9.78. The van der Waals surface area contributed by atoms with E-state index in [1.54, 1.807) is 24.1 Å². The maximum atomic E-state index is 12.3. The number of likely N-dealkylation sites (N-methyl/N-ethyl adjacent to an activating group) is 1. The summed E-state index contributed by atoms with van der Waals surface area (Å²) in [4.78, 5) is 13.4. The highest BCUT2D eigenvalue weighted by atomic mass is 32.2. The molecule has 1 aliphatic carbocycles. The van der Waals surface area contributed by atoms with Gasteiger partial charge in [0, 0.05) is 24.8 Å². The molecule has 0 unspecified atom stereocenters. The van der Waals surface area contributed by atoms with Crippen molar-refractivity contribution in [1.29, 1.82) is 0 Å². The van der Waals surface area contributed by atoms with Crippen LogP contribution in [-0.4, -0.2) is 33.5 Å². The van der Waals surface area contributed by atoms with Gasteiger partial charge >= 0.3 is 0 Å². The molecule has 0 spiro atoms. The van der Waals surface area contributed by atoms with Crippen LogP contribution in [0.5, 0.6) is 0 Å². The molecule has 0 aromatic heterocycles. The molecule has 1 aliphatic heterocycles. The molecule has 1 aromatic rings. The number of benzene rings is 1. The van der Waals surface area contributed by atoms with Crippen molar-refractivity contribution in [3.05, 3.63) is 23.8 Å². The first-order chi connectivity index (χ1) is 9.81. The van der Waals surface area contributed by atoms with Crippen molar-refractivity contribution in [3.63, 3.8) is 0 Å². The van der Waals surface area contributed by atoms with Gasteiger partial charge in [0.25, 0.3) is 0 Å². The van der Waals surface area contributed by atoms with Gasteiger partial charge in [-0.1, -0.05) is 0 Å². The molecule has 7 heteroatoms. The third-order valence-corrected chi connectivity index (χ3v) is 5.80. The molecule has 3 N–H and O–H groups in total. The standard InChI is InChI=1S/C14H19N3O3S/c1-17-12-4-3-11(7-10(12)8-13(17)18)21(19,20)16-9-14(15)5-2-6-14/h3-4,7,16H,2,5-6,8-9,15H2,1H3. The molecule has 0 atom stereocenters. The molecule has 0 saturated heterocycles. The first-order valence-corrected chi connectivity index (χ1v) is 8.47. The summed E-state index contributed by atoms with van der Waals surface area (Å²) in [5.74, 6) is -0.0251. The molecule has 2 aliphatic rings. The molecular weight excluding hydrogens is 290 g/mol. The largest absolute Gasteiger partial charge is 0.324 e. The van der Waals surface area contributed by atoms with Gasteiger partial charge in [-0.15, -0.1) is 0 Å². The average molecular weight is 309 g/mol. The van der Waals surface area contributed by atoms with E-state index >= 15 is 0 Å². The lowest BCUT2D eigenvalue weighted by Crippen LogP contribution is -2.54. The number of nitrogens with zero attached hydrogens (tertiary/aromatic N) is 1. The van der Waals surface area contributed by atoms with Gasteiger partial charge in [-0.2, -0.15) is 0 Å². The van der Waals surface area contributed by atoms with Crippen molar-refractivity contribution in [2.45, 2.75) is 36.1 Å². The van der Waals surface area contributed by atoms with E-state index < -0.39 is 15.6 Å². The fourth-order valence-corrected chi connectivity index (χ4v) is 3.93. The predicted molar refractivity (Wildman–Crippen MR) is 79.5 cm³/mol. The lowest BCUT2D eigenvalue weighted by Gasteiger charge is -2.38. The maximum Gasteiger partial charge on any atom is 0.240 e. The van der Waals surface area contributed by atoms with Gasteiger partial charge in [-0.25, -0.2) is 13.1 Å². The zero-order valence-electron chi connectivity index (χ0n) is 11.9. The Bertz CT molecular complexity index is 695. The summed E-state index contributed by atoms with van der Waals surface area (Å²) in [6.45, 7) is 0.255. The van der Waals surface area contributed by atoms with E-state index in [0.717, 1.165) is 30.5 Å². The number of hydrogen-bond acceptors (Lipinski definition) is 4. The Hall–Kier alpha value is -1.44. The van der Waals surface area contributed by atoms with Crippen molar-refractivity contribution >= 4 is 21.6 Å². The van der Waals surface area contributed by atoms with Crippen LogP contribution in [0, 0.1) is 0 Å². The first kappa shape index (κ1) is 14.5. The Morgan fingerprint density at radius 3 is 2.71 bits per heavy atom. The molecule has 1 fully saturated rings. The number of anilines is 1. The summed E-state index contributed by atoms with van der Waals surface area (Å²) >= 11 is 0. The summed E-state index contributed by atoms with van der Waals surface area (Å²) in [5, 5.41) is 0. The van der Waals surface area contributed by atoms with Crippen LogP contribution >= 0.6 is 0 Å². The number of nitrogens with one attached hydrogen (secondary N) is 1. The van der Waals surface area contributed by atoms with Gasteiger partial charge in [0.05, 0.1) is 11.3 Å². The number of amides is 1. The molecule has 0 bridgehead atoms. The van der Waals surface area contributed by atoms with Crippen LogP contribution in [0.4, 0.5) is 5.69 Å². The topological polar surface area (TPSA) is 92.5 Å². The Morgan fingerprint density at radius 2 is 2.10 bits per heavy atom. The van der Waals surface area contributed by atoms with Crippen LogP contribution in [-0.2, 0) is 21.2 Å². The van der Waals surface area contributed by atoms with E-state index in [1.165, 1.54) is 6.07 Å². The van der Waals surface area contributed by atoms with Gasteiger partial charge in [-0.05, 0) is 43.0 Å². The number of hydrogen-bond donors (Lipinski definition) is 2. The third-order valence-electron chi connectivity index (χ3n) is 4.40. The molecule has 21 heavy (non-hydrogen) atoms. The highest BCUT2D eigenvalue weighted by Crippen LogP contribution is 2.31. The first-order valence-electron chi connectivity index (χ1n) is 6.99. The van der Waals surface area contributed by atoms with E-state index in [-0.39, 0.29) is 23.8 Å². The minimum Gasteiger partial charge on any atom is -0.324 e. The Morgan fingerprint density at radius 1 is 1.38 bits per heavy atom. The maximum absolute atomic E-state index is 12.3. The normalized spacial score (nSPS) is 20.3. The number of fused-ring (bicyclic) bond motifs is 1. The number of nitrogens with two attached hydrogens (primary N) is 1. The quantitative estimate of drug-likeness (QED) is 0.840. The molecule has 0 radical (unpaired) electrons. The van der Waals surface area contributed by atoms with Crippen LogP contribution in [0.15, 0.2) is 23.1 Å². The number of rotatable bonds is 4. The number of sulfonamides is 1. The fourth-order valence-electron chi connectivity index (χ4n) is 2.74. The molecule has 3 rings (SSSR count). The van der Waals surface area contributed by atoms with Crippen molar-refractivity contribution in [2.24, 2.45) is 5.73 Å². The van der Waals surface area contributed by atoms with Gasteiger partial charge in [0.2, 0.25) is 15.9 Å². The van der Waals surface area contributed by atoms with Gasteiger partial charge < -0.3 is 10.6 Å². The van der Waals surface area contributed by atoms with Crippen molar-refractivity contribution in [3.8, 4) is 0 Å². The summed E-state index contributed by atoms with van der Waals surface area (Å²) in [5.41, 5.74) is 7.15. The van der Waals surface area contributed by atoms with Gasteiger partial charge in [-0.3, -0.25) is 4.79 Å². The molecule has 6 nitrogen and oxygen atoms in total. The monoisotopic (exact) mass is 309 g/mol. The molecule has 1 saturated carbocycles. The van der Waals surface area contributed by atoms with Gasteiger partial charge in [0.1, 0.15) is 0 Å². The van der Waals surface area contributed by atoms with E-state index in [2.05, 4.69) is 4.72 Å². The van der Waals surface area contributed by atoms with Crippen molar-refractivity contribution < 1.29 is 13.2 Å². The van der Waals surface area contributed by atoms with Crippen LogP contribution in [0.3, 0.4) is 0 Å². The lowest BCUT2D eigenvalue weighted by molar-refractivity contribution is -0.117. The summed E-state index contributed by atoms with van der Waals surface area (Å²) < 4.78 is 27.2. The van der Waals surface area contributed by atoms with Gasteiger partial charge in [0.15, 0.2) is 0 Å². The van der Waals surface area contributed by atoms with E-state index in [1.807, 2.05) is 0 Å². The Kier molecular flexibility index (Phi) is 3.31. The molecule has 1 amide bonds. The molecule has 1 heterocycles. The van der Waals surface area contributed by atoms with Crippen LogP contribution in [0.1, 0.15) is 24.8 Å². The number of carbonyl (C=O) groups excluding carboxylic acids is 1. The molecule has 114 valence electrons. The van der Waals surface area contributed by atoms with Crippen LogP contribution in [0.2, 0.25) is 0 Å². The second kappa shape index (κ2) is 4.79. The fraction of sp³-hybridized carbons (Fsp3) is 0.500. The Balaban J connectivity index is 1.80. The van der Waals surface area contributed by atoms with Crippen molar-refractivity contribution in [1.82, 2.24) is 4.72 Å². The molecule has 1 aromatic carbocycles. The second-order valence-electron chi connectivity index (χ2n) is 5.96. The van der Waals surface area contributed by atoms with Crippen molar-refractivity contribution in [2.75, 3.05) is 18.5 Å². The zero-order chi connectivity index (χ0) is 15.3. The number of carbonyl (C=O) groups is 1. The highest BCUT2D eigenvalue weighted by molar-refractivity contribution is 7.89. The summed E-state index contributed by atoms with van der Waals surface area (Å²) in [6, 6.07) is 4.78. The summed E-state index contributed by atoms with van der Waals surface area (Å²) in [6.07, 6.45) is 2.99. The highest BCUT2D eigenvalue weighted by Gasteiger charge is 2.34. The van der Waals surface area contributed by atoms with E-state index in [9.17, 15) is 13.2 Å². The zero-order valence-corrected chi connectivity index (χ0v) is 12.7. The minimum absolute atomic E-state index is 0.0251. The molecular formula is C14H19N3O3S. The smallest absolute Gasteiger partial charge is 0.240 e. The van der Waals surface area contributed by atoms with E-state index in [0.29, 0.717) is 0 Å². The minimum atomic E-state index is -3.59. The average Bonchev–Trinajstić information content (AvgIpc) is 2.69. The second-order valence-corrected chi connectivity index (χ2v) is 7.73. The Labute approximate surface area is 124 Å². The summed E-state index contributed by atoms with van der Waals surface area (Å²) in [7, 11) is -1.90.